The van der Waals surface area contributed by atoms with E-state index in [1.165, 1.54) is 12.1 Å². The van der Waals surface area contributed by atoms with Crippen molar-refractivity contribution in [2.45, 2.75) is 32.7 Å². The number of aromatic nitrogens is 2. The Morgan fingerprint density at radius 1 is 1.29 bits per heavy atom. The molecule has 1 atom stereocenters. The van der Waals surface area contributed by atoms with Crippen LogP contribution < -0.4 is 0 Å². The molecule has 0 spiro atoms. The fourth-order valence-corrected chi connectivity index (χ4v) is 3.43. The van der Waals surface area contributed by atoms with Crippen LogP contribution in [0.3, 0.4) is 0 Å². The van der Waals surface area contributed by atoms with Crippen LogP contribution >= 0.6 is 0 Å². The molecule has 4 nitrogen and oxygen atoms in total. The normalized spacial score (nSPS) is 18.7. The molecule has 2 heterocycles. The summed E-state index contributed by atoms with van der Waals surface area (Å²) in [5, 5.41) is 0. The van der Waals surface area contributed by atoms with E-state index in [0.29, 0.717) is 5.56 Å². The molecule has 128 valence electrons. The van der Waals surface area contributed by atoms with Crippen molar-refractivity contribution in [3.05, 3.63) is 53.9 Å². The van der Waals surface area contributed by atoms with E-state index in [-0.39, 0.29) is 17.5 Å². The molecule has 0 saturated carbocycles. The van der Waals surface area contributed by atoms with Crippen LogP contribution in [-0.4, -0.2) is 39.9 Å². The van der Waals surface area contributed by atoms with E-state index in [1.54, 1.807) is 12.1 Å². The number of nitrogens with zero attached hydrogens (tertiary/aromatic N) is 3. The maximum absolute atomic E-state index is 13.0. The van der Waals surface area contributed by atoms with Crippen molar-refractivity contribution in [2.75, 3.05) is 19.6 Å². The molecule has 1 aliphatic rings. The van der Waals surface area contributed by atoms with Crippen LogP contribution in [-0.2, 0) is 6.54 Å². The minimum Gasteiger partial charge on any atom is -0.335 e. The van der Waals surface area contributed by atoms with Crippen molar-refractivity contribution in [3.8, 4) is 0 Å². The van der Waals surface area contributed by atoms with Crippen LogP contribution in [0.1, 0.15) is 35.4 Å². The lowest BCUT2D eigenvalue weighted by molar-refractivity contribution is 0.0817. The number of imidazole rings is 1. The molecule has 1 unspecified atom stereocenters. The lowest BCUT2D eigenvalue weighted by Crippen LogP contribution is -2.39. The monoisotopic (exact) mass is 329 g/mol. The van der Waals surface area contributed by atoms with Crippen LogP contribution in [0.25, 0.3) is 0 Å². The van der Waals surface area contributed by atoms with E-state index in [2.05, 4.69) is 14.5 Å². The second-order valence-corrected chi connectivity index (χ2v) is 6.53. The molecule has 1 aromatic heterocycles. The predicted molar refractivity (Wildman–Crippen MR) is 91.5 cm³/mol. The molecule has 24 heavy (non-hydrogen) atoms. The van der Waals surface area contributed by atoms with Gasteiger partial charge in [-0.15, -0.1) is 0 Å². The number of hydrogen-bond donors (Lipinski definition) is 0. The van der Waals surface area contributed by atoms with Crippen molar-refractivity contribution in [2.24, 2.45) is 5.92 Å². The van der Waals surface area contributed by atoms with Gasteiger partial charge in [0.05, 0.1) is 0 Å². The number of carbonyl (C=O) groups excluding carboxylic acids is 1. The number of rotatable bonds is 6. The van der Waals surface area contributed by atoms with Gasteiger partial charge in [0.25, 0.3) is 0 Å². The average Bonchev–Trinajstić information content (AvgIpc) is 3.00. The Morgan fingerprint density at radius 2 is 2.08 bits per heavy atom. The summed E-state index contributed by atoms with van der Waals surface area (Å²) in [5.41, 5.74) is 0.622. The Labute approximate surface area is 142 Å². The van der Waals surface area contributed by atoms with Crippen molar-refractivity contribution < 1.29 is 9.18 Å². The largest absolute Gasteiger partial charge is 0.335 e. The van der Waals surface area contributed by atoms with Gasteiger partial charge in [-0.3, -0.25) is 4.79 Å². The summed E-state index contributed by atoms with van der Waals surface area (Å²) in [5.74, 6) is 0.911. The summed E-state index contributed by atoms with van der Waals surface area (Å²) in [7, 11) is 0. The molecule has 1 aromatic carbocycles. The minimum absolute atomic E-state index is 0.0270. The van der Waals surface area contributed by atoms with Crippen molar-refractivity contribution in [3.63, 3.8) is 0 Å². The van der Waals surface area contributed by atoms with Crippen LogP contribution in [0, 0.1) is 18.7 Å². The molecule has 0 bridgehead atoms. The quantitative estimate of drug-likeness (QED) is 0.763. The number of halogens is 1. The molecule has 0 radical (unpaired) electrons. The summed E-state index contributed by atoms with van der Waals surface area (Å²) in [4.78, 5) is 19.2. The molecule has 0 N–H and O–H groups in total. The number of Topliss-reactive ketones (excluding diaryl/α,β-unsaturated/α-hetero) is 1. The number of benzene rings is 1. The summed E-state index contributed by atoms with van der Waals surface area (Å²) >= 11 is 0. The molecule has 0 aliphatic carbocycles. The van der Waals surface area contributed by atoms with Crippen molar-refractivity contribution in [1.29, 1.82) is 0 Å². The van der Waals surface area contributed by atoms with E-state index < -0.39 is 0 Å². The van der Waals surface area contributed by atoms with Gasteiger partial charge in [-0.2, -0.15) is 0 Å². The summed E-state index contributed by atoms with van der Waals surface area (Å²) < 4.78 is 15.2. The van der Waals surface area contributed by atoms with E-state index in [4.69, 9.17) is 0 Å². The molecule has 2 aromatic rings. The highest BCUT2D eigenvalue weighted by Gasteiger charge is 2.26. The lowest BCUT2D eigenvalue weighted by atomic mass is 9.90. The van der Waals surface area contributed by atoms with Crippen LogP contribution in [0.15, 0.2) is 36.7 Å². The zero-order chi connectivity index (χ0) is 16.9. The molecule has 1 saturated heterocycles. The van der Waals surface area contributed by atoms with Crippen LogP contribution in [0.2, 0.25) is 0 Å². The van der Waals surface area contributed by atoms with Gasteiger partial charge in [-0.05, 0) is 63.5 Å². The third-order valence-electron chi connectivity index (χ3n) is 4.80. The molecule has 5 heteroatoms. The summed E-state index contributed by atoms with van der Waals surface area (Å²) in [6.07, 6.45) is 6.85. The number of ketones is 1. The van der Waals surface area contributed by atoms with Gasteiger partial charge in [0.1, 0.15) is 11.6 Å². The molecular formula is C19H24FN3O. The van der Waals surface area contributed by atoms with Crippen molar-refractivity contribution >= 4 is 5.78 Å². The third kappa shape index (κ3) is 4.09. The topological polar surface area (TPSA) is 38.1 Å². The third-order valence-corrected chi connectivity index (χ3v) is 4.80. The molecule has 1 aliphatic heterocycles. The first-order chi connectivity index (χ1) is 11.6. The molecule has 1 fully saturated rings. The Kier molecular flexibility index (Phi) is 5.41. The van der Waals surface area contributed by atoms with Crippen molar-refractivity contribution in [1.82, 2.24) is 14.5 Å². The van der Waals surface area contributed by atoms with Gasteiger partial charge in [0.15, 0.2) is 5.78 Å². The van der Waals surface area contributed by atoms with Gasteiger partial charge in [0, 0.05) is 37.0 Å². The van der Waals surface area contributed by atoms with Gasteiger partial charge >= 0.3 is 0 Å². The number of piperidine rings is 1. The Hall–Kier alpha value is -2.01. The summed E-state index contributed by atoms with van der Waals surface area (Å²) in [6.45, 7) is 5.82. The second kappa shape index (κ2) is 7.71. The molecule has 0 amide bonds. The Bertz CT molecular complexity index is 680. The molecular weight excluding hydrogens is 305 g/mol. The van der Waals surface area contributed by atoms with Crippen LogP contribution in [0.4, 0.5) is 4.39 Å². The lowest BCUT2D eigenvalue weighted by Gasteiger charge is -2.32. The van der Waals surface area contributed by atoms with E-state index in [9.17, 15) is 9.18 Å². The smallest absolute Gasteiger partial charge is 0.167 e. The second-order valence-electron chi connectivity index (χ2n) is 6.53. The van der Waals surface area contributed by atoms with Gasteiger partial charge in [-0.25, -0.2) is 9.37 Å². The highest BCUT2D eigenvalue weighted by molar-refractivity contribution is 5.98. The number of likely N-dealkylation sites (tertiary alicyclic amines) is 1. The highest BCUT2D eigenvalue weighted by Crippen LogP contribution is 2.21. The van der Waals surface area contributed by atoms with Gasteiger partial charge < -0.3 is 9.47 Å². The fraction of sp³-hybridized carbons (Fsp3) is 0.474. The Morgan fingerprint density at radius 3 is 2.79 bits per heavy atom. The number of carbonyl (C=O) groups is 1. The SMILES string of the molecule is Cc1nccn1CCCN1CCCC(C(=O)c2ccc(F)cc2)C1. The predicted octanol–water partition coefficient (Wildman–Crippen LogP) is 3.32. The first kappa shape index (κ1) is 16.8. The summed E-state index contributed by atoms with van der Waals surface area (Å²) in [6, 6.07) is 5.92. The van der Waals surface area contributed by atoms with Gasteiger partial charge in [0.2, 0.25) is 0 Å². The first-order valence-electron chi connectivity index (χ1n) is 8.63. The zero-order valence-electron chi connectivity index (χ0n) is 14.1. The fourth-order valence-electron chi connectivity index (χ4n) is 3.43. The highest BCUT2D eigenvalue weighted by atomic mass is 19.1. The standard InChI is InChI=1S/C19H24FN3O/c1-15-21-9-13-23(15)12-3-11-22-10-2-4-17(14-22)19(24)16-5-7-18(20)8-6-16/h5-9,13,17H,2-4,10-12,14H2,1H3. The average molecular weight is 329 g/mol. The minimum atomic E-state index is -0.299. The van der Waals surface area contributed by atoms with E-state index in [0.717, 1.165) is 51.3 Å². The number of hydrogen-bond acceptors (Lipinski definition) is 3. The maximum Gasteiger partial charge on any atom is 0.167 e. The molecule has 3 rings (SSSR count). The van der Waals surface area contributed by atoms with Crippen LogP contribution in [0.5, 0.6) is 0 Å². The maximum atomic E-state index is 13.0. The van der Waals surface area contributed by atoms with E-state index >= 15 is 0 Å². The van der Waals surface area contributed by atoms with Gasteiger partial charge in [-0.1, -0.05) is 0 Å². The zero-order valence-corrected chi connectivity index (χ0v) is 14.1. The number of aryl methyl sites for hydroxylation is 2. The van der Waals surface area contributed by atoms with E-state index in [1.807, 2.05) is 19.3 Å². The Balaban J connectivity index is 1.51. The first-order valence-corrected chi connectivity index (χ1v) is 8.63.